The van der Waals surface area contributed by atoms with Gasteiger partial charge in [0.25, 0.3) is 0 Å². The fourth-order valence-corrected chi connectivity index (χ4v) is 3.01. The molecule has 0 bridgehead atoms. The first-order chi connectivity index (χ1) is 9.72. The van der Waals surface area contributed by atoms with Gasteiger partial charge in [0.15, 0.2) is 0 Å². The van der Waals surface area contributed by atoms with E-state index in [4.69, 9.17) is 4.74 Å². The van der Waals surface area contributed by atoms with E-state index in [1.165, 1.54) is 16.7 Å². The molecule has 2 heteroatoms. The van der Waals surface area contributed by atoms with E-state index >= 15 is 0 Å². The summed E-state index contributed by atoms with van der Waals surface area (Å²) in [5.41, 5.74) is 4.35. The van der Waals surface area contributed by atoms with E-state index in [0.29, 0.717) is 0 Å². The predicted molar refractivity (Wildman–Crippen MR) is 82.4 cm³/mol. The van der Waals surface area contributed by atoms with Gasteiger partial charge >= 0.3 is 0 Å². The molecule has 1 fully saturated rings. The van der Waals surface area contributed by atoms with Gasteiger partial charge in [-0.05, 0) is 36.6 Å². The van der Waals surface area contributed by atoms with Crippen LogP contribution < -0.4 is 10.1 Å². The van der Waals surface area contributed by atoms with Gasteiger partial charge in [-0.3, -0.25) is 0 Å². The first-order valence-corrected chi connectivity index (χ1v) is 7.13. The van der Waals surface area contributed by atoms with Crippen LogP contribution in [-0.2, 0) is 11.8 Å². The number of hydrogen-bond acceptors (Lipinski definition) is 2. The molecule has 1 aliphatic rings. The third-order valence-corrected chi connectivity index (χ3v) is 4.23. The first-order valence-electron chi connectivity index (χ1n) is 7.13. The third kappa shape index (κ3) is 2.44. The fraction of sp³-hybridized carbons (Fsp3) is 0.333. The molecule has 104 valence electrons. The maximum Gasteiger partial charge on any atom is 0.119 e. The molecule has 1 saturated heterocycles. The zero-order valence-electron chi connectivity index (χ0n) is 12.1. The molecule has 0 atom stereocenters. The van der Waals surface area contributed by atoms with E-state index < -0.39 is 0 Å². The minimum atomic E-state index is 0.235. The number of methoxy groups -OCH3 is 1. The average molecular weight is 267 g/mol. The van der Waals surface area contributed by atoms with Crippen LogP contribution in [0.25, 0.3) is 0 Å². The largest absolute Gasteiger partial charge is 0.497 e. The number of benzene rings is 2. The lowest BCUT2D eigenvalue weighted by atomic mass is 9.70. The molecule has 0 unspecified atom stereocenters. The van der Waals surface area contributed by atoms with E-state index in [0.717, 1.165) is 25.3 Å². The Morgan fingerprint density at radius 3 is 2.55 bits per heavy atom. The molecule has 0 spiro atoms. The second-order valence-electron chi connectivity index (χ2n) is 5.78. The highest BCUT2D eigenvalue weighted by Crippen LogP contribution is 2.33. The van der Waals surface area contributed by atoms with Gasteiger partial charge in [0.05, 0.1) is 7.11 Å². The van der Waals surface area contributed by atoms with Gasteiger partial charge in [-0.1, -0.05) is 42.0 Å². The number of hydrogen-bond donors (Lipinski definition) is 1. The number of rotatable bonds is 4. The quantitative estimate of drug-likeness (QED) is 0.919. The van der Waals surface area contributed by atoms with Gasteiger partial charge in [0.2, 0.25) is 0 Å². The van der Waals surface area contributed by atoms with Crippen LogP contribution >= 0.6 is 0 Å². The van der Waals surface area contributed by atoms with Crippen LogP contribution in [0.5, 0.6) is 5.75 Å². The summed E-state index contributed by atoms with van der Waals surface area (Å²) in [6.45, 7) is 4.26. The Hall–Kier alpha value is -1.80. The van der Waals surface area contributed by atoms with Gasteiger partial charge in [-0.25, -0.2) is 0 Å². The summed E-state index contributed by atoms with van der Waals surface area (Å²) in [5, 5.41) is 3.44. The lowest BCUT2D eigenvalue weighted by Gasteiger charge is -2.43. The number of ether oxygens (including phenoxy) is 1. The topological polar surface area (TPSA) is 21.3 Å². The molecule has 1 N–H and O–H groups in total. The normalized spacial score (nSPS) is 16.5. The van der Waals surface area contributed by atoms with Crippen LogP contribution in [0.2, 0.25) is 0 Å². The molecule has 1 heterocycles. The summed E-state index contributed by atoms with van der Waals surface area (Å²) >= 11 is 0. The van der Waals surface area contributed by atoms with E-state index in [2.05, 4.69) is 54.7 Å². The van der Waals surface area contributed by atoms with Crippen LogP contribution in [0.3, 0.4) is 0 Å². The molecule has 1 aliphatic heterocycles. The van der Waals surface area contributed by atoms with Gasteiger partial charge in [-0.15, -0.1) is 0 Å². The van der Waals surface area contributed by atoms with Crippen molar-refractivity contribution in [2.24, 2.45) is 0 Å². The van der Waals surface area contributed by atoms with Gasteiger partial charge in [0, 0.05) is 18.5 Å². The van der Waals surface area contributed by atoms with Crippen molar-refractivity contribution in [3.63, 3.8) is 0 Å². The molecule has 2 aromatic rings. The zero-order chi connectivity index (χ0) is 14.0. The summed E-state index contributed by atoms with van der Waals surface area (Å²) in [6, 6.07) is 17.3. The Balaban J connectivity index is 1.89. The Labute approximate surface area is 120 Å². The Morgan fingerprint density at radius 2 is 1.90 bits per heavy atom. The lowest BCUT2D eigenvalue weighted by molar-refractivity contribution is 0.274. The first kappa shape index (κ1) is 13.2. The second kappa shape index (κ2) is 5.29. The fourth-order valence-electron chi connectivity index (χ4n) is 3.01. The SMILES string of the molecule is COc1cccc(CC2(c3cccc(C)c3)CNC2)c1. The van der Waals surface area contributed by atoms with Crippen molar-refractivity contribution < 1.29 is 4.74 Å². The Morgan fingerprint density at radius 1 is 1.10 bits per heavy atom. The summed E-state index contributed by atoms with van der Waals surface area (Å²) in [4.78, 5) is 0. The van der Waals surface area contributed by atoms with Crippen molar-refractivity contribution in [3.05, 3.63) is 65.2 Å². The smallest absolute Gasteiger partial charge is 0.119 e. The van der Waals surface area contributed by atoms with Crippen LogP contribution in [-0.4, -0.2) is 20.2 Å². The van der Waals surface area contributed by atoms with Crippen molar-refractivity contribution in [2.75, 3.05) is 20.2 Å². The highest BCUT2D eigenvalue weighted by molar-refractivity contribution is 5.37. The highest BCUT2D eigenvalue weighted by atomic mass is 16.5. The number of nitrogens with one attached hydrogen (secondary N) is 1. The summed E-state index contributed by atoms with van der Waals surface area (Å²) in [7, 11) is 1.72. The van der Waals surface area contributed by atoms with E-state index in [-0.39, 0.29) is 5.41 Å². The molecule has 0 aromatic heterocycles. The summed E-state index contributed by atoms with van der Waals surface area (Å²) in [6.07, 6.45) is 1.06. The molecule has 2 nitrogen and oxygen atoms in total. The van der Waals surface area contributed by atoms with E-state index in [9.17, 15) is 0 Å². The minimum absolute atomic E-state index is 0.235. The summed E-state index contributed by atoms with van der Waals surface area (Å²) < 4.78 is 5.33. The van der Waals surface area contributed by atoms with E-state index in [1.807, 2.05) is 6.07 Å². The molecule has 0 saturated carbocycles. The Kier molecular flexibility index (Phi) is 3.49. The lowest BCUT2D eigenvalue weighted by Crippen LogP contribution is -2.58. The maximum absolute atomic E-state index is 5.33. The Bertz CT molecular complexity index is 602. The van der Waals surface area contributed by atoms with Gasteiger partial charge in [0.1, 0.15) is 5.75 Å². The van der Waals surface area contributed by atoms with Crippen LogP contribution in [0.15, 0.2) is 48.5 Å². The van der Waals surface area contributed by atoms with Crippen LogP contribution in [0, 0.1) is 6.92 Å². The highest BCUT2D eigenvalue weighted by Gasteiger charge is 2.38. The predicted octanol–water partition coefficient (Wildman–Crippen LogP) is 3.09. The van der Waals surface area contributed by atoms with Crippen LogP contribution in [0.1, 0.15) is 16.7 Å². The van der Waals surface area contributed by atoms with Gasteiger partial charge < -0.3 is 10.1 Å². The van der Waals surface area contributed by atoms with Crippen molar-refractivity contribution in [1.29, 1.82) is 0 Å². The molecule has 20 heavy (non-hydrogen) atoms. The molecular weight excluding hydrogens is 246 g/mol. The van der Waals surface area contributed by atoms with Crippen molar-refractivity contribution >= 4 is 0 Å². The molecular formula is C18H21NO. The summed E-state index contributed by atoms with van der Waals surface area (Å²) in [5.74, 6) is 0.939. The molecule has 0 radical (unpaired) electrons. The van der Waals surface area contributed by atoms with Crippen molar-refractivity contribution in [2.45, 2.75) is 18.8 Å². The molecule has 2 aromatic carbocycles. The van der Waals surface area contributed by atoms with Crippen LogP contribution in [0.4, 0.5) is 0 Å². The minimum Gasteiger partial charge on any atom is -0.497 e. The van der Waals surface area contributed by atoms with Gasteiger partial charge in [-0.2, -0.15) is 0 Å². The second-order valence-corrected chi connectivity index (χ2v) is 5.78. The molecule has 3 rings (SSSR count). The van der Waals surface area contributed by atoms with Crippen molar-refractivity contribution in [3.8, 4) is 5.75 Å². The number of aryl methyl sites for hydroxylation is 1. The zero-order valence-corrected chi connectivity index (χ0v) is 12.1. The van der Waals surface area contributed by atoms with Crippen molar-refractivity contribution in [1.82, 2.24) is 5.32 Å². The monoisotopic (exact) mass is 267 g/mol. The third-order valence-electron chi connectivity index (χ3n) is 4.23. The standard InChI is InChI=1S/C18H21NO/c1-14-5-3-7-16(9-14)18(12-19-13-18)11-15-6-4-8-17(10-15)20-2/h3-10,19H,11-13H2,1-2H3. The molecule has 0 amide bonds. The maximum atomic E-state index is 5.33. The average Bonchev–Trinajstić information content (AvgIpc) is 2.43. The van der Waals surface area contributed by atoms with E-state index in [1.54, 1.807) is 7.11 Å². The molecule has 0 aliphatic carbocycles.